The Kier molecular flexibility index (Phi) is 6.98. The third-order valence-electron chi connectivity index (χ3n) is 11.6. The molecule has 232 valence electrons. The van der Waals surface area contributed by atoms with Gasteiger partial charge in [0.15, 0.2) is 17.1 Å². The zero-order chi connectivity index (χ0) is 31.1. The van der Waals surface area contributed by atoms with Crippen LogP contribution in [0.1, 0.15) is 44.2 Å². The molecule has 1 heterocycles. The molecule has 7 rings (SSSR count). The van der Waals surface area contributed by atoms with Crippen LogP contribution in [0.3, 0.4) is 0 Å². The van der Waals surface area contributed by atoms with Gasteiger partial charge in [0.25, 0.3) is 5.91 Å². The number of rotatable bonds is 5. The number of hydrogen-bond acceptors (Lipinski definition) is 5. The summed E-state index contributed by atoms with van der Waals surface area (Å²) in [5.74, 6) is -2.33. The van der Waals surface area contributed by atoms with Crippen molar-refractivity contribution in [2.75, 3.05) is 6.54 Å². The number of benzene rings is 2. The smallest absolute Gasteiger partial charge is 0.255 e. The Labute approximate surface area is 261 Å². The number of halogens is 3. The molecule has 9 heteroatoms. The monoisotopic (exact) mass is 622 g/mol. The number of ketones is 1. The van der Waals surface area contributed by atoms with Gasteiger partial charge in [0.2, 0.25) is 0 Å². The number of hydrogen-bond donors (Lipinski definition) is 2. The van der Waals surface area contributed by atoms with Crippen molar-refractivity contribution >= 4 is 23.3 Å². The molecule has 1 saturated heterocycles. The first kappa shape index (κ1) is 29.8. The predicted octanol–water partition coefficient (Wildman–Crippen LogP) is 5.69. The van der Waals surface area contributed by atoms with E-state index in [-0.39, 0.29) is 42.6 Å². The number of fused-ring (bicyclic) bond motifs is 7. The first-order valence-corrected chi connectivity index (χ1v) is 15.8. The summed E-state index contributed by atoms with van der Waals surface area (Å²) < 4.78 is 33.7. The van der Waals surface area contributed by atoms with Crippen LogP contribution >= 0.6 is 11.6 Å². The number of aliphatic hydroxyl groups is 1. The molecule has 4 aliphatic carbocycles. The number of carbonyl (C=O) groups excluding carboxylic acids is 2. The molecular weight excluding hydrogens is 586 g/mol. The molecule has 0 spiro atoms. The third-order valence-corrected chi connectivity index (χ3v) is 11.8. The van der Waals surface area contributed by atoms with Crippen molar-refractivity contribution in [3.8, 4) is 0 Å². The molecule has 2 N–H and O–H groups in total. The second-order valence-corrected chi connectivity index (χ2v) is 14.2. The lowest BCUT2D eigenvalue weighted by Gasteiger charge is -2.63. The maximum atomic E-state index is 17.7. The Bertz CT molecular complexity index is 1550. The molecule has 0 radical (unpaired) electrons. The molecule has 9 atom stereocenters. The average molecular weight is 623 g/mol. The van der Waals surface area contributed by atoms with Crippen molar-refractivity contribution in [1.82, 2.24) is 10.4 Å². The van der Waals surface area contributed by atoms with Crippen molar-refractivity contribution in [3.63, 3.8) is 0 Å². The quantitative estimate of drug-likeness (QED) is 0.448. The van der Waals surface area contributed by atoms with Crippen molar-refractivity contribution in [2.45, 2.75) is 69.7 Å². The summed E-state index contributed by atoms with van der Waals surface area (Å²) in [7, 11) is 0. The van der Waals surface area contributed by atoms with Crippen LogP contribution in [0.2, 0.25) is 5.02 Å². The van der Waals surface area contributed by atoms with Crippen LogP contribution in [0, 0.1) is 28.6 Å². The van der Waals surface area contributed by atoms with E-state index in [1.54, 1.807) is 24.1 Å². The molecule has 44 heavy (non-hydrogen) atoms. The minimum atomic E-state index is -2.22. The number of amides is 1. The number of carbonyl (C=O) groups is 2. The second kappa shape index (κ2) is 10.3. The van der Waals surface area contributed by atoms with E-state index in [0.717, 1.165) is 11.1 Å². The number of aliphatic hydroxyl groups excluding tert-OH is 1. The highest BCUT2D eigenvalue weighted by Crippen LogP contribution is 2.72. The largest absolute Gasteiger partial charge is 0.390 e. The van der Waals surface area contributed by atoms with E-state index in [0.29, 0.717) is 24.5 Å². The maximum absolute atomic E-state index is 17.7. The van der Waals surface area contributed by atoms with E-state index in [1.807, 2.05) is 49.4 Å². The lowest BCUT2D eigenvalue weighted by atomic mass is 9.44. The molecule has 6 nitrogen and oxygen atoms in total. The summed E-state index contributed by atoms with van der Waals surface area (Å²) in [6, 6.07) is 17.0. The van der Waals surface area contributed by atoms with E-state index in [4.69, 9.17) is 16.4 Å². The summed E-state index contributed by atoms with van der Waals surface area (Å²) in [5, 5.41) is 17.3. The van der Waals surface area contributed by atoms with E-state index >= 15 is 8.78 Å². The Morgan fingerprint density at radius 2 is 1.82 bits per heavy atom. The van der Waals surface area contributed by atoms with Crippen LogP contribution in [0.4, 0.5) is 8.78 Å². The summed E-state index contributed by atoms with van der Waals surface area (Å²) in [4.78, 5) is 33.4. The van der Waals surface area contributed by atoms with Crippen molar-refractivity contribution < 1.29 is 28.3 Å². The summed E-state index contributed by atoms with van der Waals surface area (Å²) >= 11 is 6.10. The Morgan fingerprint density at radius 3 is 2.55 bits per heavy atom. The molecule has 1 amide bonds. The van der Waals surface area contributed by atoms with Gasteiger partial charge in [0.05, 0.1) is 6.10 Å². The van der Waals surface area contributed by atoms with E-state index in [1.165, 1.54) is 18.2 Å². The highest BCUT2D eigenvalue weighted by atomic mass is 35.5. The molecule has 0 bridgehead atoms. The van der Waals surface area contributed by atoms with Gasteiger partial charge in [-0.05, 0) is 73.1 Å². The Balaban J connectivity index is 1.27. The molecule has 3 saturated carbocycles. The fraction of sp³-hybridized carbons (Fsp3) is 0.486. The van der Waals surface area contributed by atoms with Gasteiger partial charge < -0.3 is 10.4 Å². The highest BCUT2D eigenvalue weighted by molar-refractivity contribution is 6.30. The van der Waals surface area contributed by atoms with Gasteiger partial charge in [0.1, 0.15) is 6.17 Å². The van der Waals surface area contributed by atoms with Crippen LogP contribution in [0.15, 0.2) is 78.4 Å². The topological polar surface area (TPSA) is 78.9 Å². The first-order valence-electron chi connectivity index (χ1n) is 15.4. The fourth-order valence-corrected chi connectivity index (χ4v) is 9.63. The summed E-state index contributed by atoms with van der Waals surface area (Å²) in [6.45, 7) is 4.63. The Morgan fingerprint density at radius 1 is 1.09 bits per heavy atom. The predicted molar refractivity (Wildman–Crippen MR) is 161 cm³/mol. The molecule has 2 aromatic rings. The van der Waals surface area contributed by atoms with Crippen LogP contribution < -0.4 is 5.32 Å². The van der Waals surface area contributed by atoms with Gasteiger partial charge in [-0.15, -0.1) is 0 Å². The number of hydroxylamine groups is 2. The zero-order valence-electron chi connectivity index (χ0n) is 24.8. The summed E-state index contributed by atoms with van der Waals surface area (Å²) in [6.07, 6.45) is 1.09. The minimum Gasteiger partial charge on any atom is -0.390 e. The lowest BCUT2D eigenvalue weighted by Crippen LogP contribution is -2.71. The fourth-order valence-electron chi connectivity index (χ4n) is 9.51. The van der Waals surface area contributed by atoms with Crippen molar-refractivity contribution in [2.24, 2.45) is 28.6 Å². The van der Waals surface area contributed by atoms with Gasteiger partial charge >= 0.3 is 0 Å². The molecule has 0 unspecified atom stereocenters. The van der Waals surface area contributed by atoms with E-state index < -0.39 is 46.2 Å². The molecular formula is C35H37ClF2N2O4. The van der Waals surface area contributed by atoms with Gasteiger partial charge in [-0.1, -0.05) is 67.1 Å². The number of allylic oxidation sites excluding steroid dienone is 4. The SMILES string of the molecule is C[C@]12C=CC(=O)C=C1[C@@H](F)C[C@H]1[C@@H]3C[C@H]4CN(Cc5ccc(Cl)cc5)O[C@@]4(C(=O)NCc4ccccc4)[C@@]3(C)C[C@H](O)[C@@]12F. The minimum absolute atomic E-state index is 0.0453. The van der Waals surface area contributed by atoms with Gasteiger partial charge in [-0.2, -0.15) is 5.06 Å². The number of nitrogens with one attached hydrogen (secondary N) is 1. The number of alkyl halides is 2. The molecule has 0 aromatic heterocycles. The highest BCUT2D eigenvalue weighted by Gasteiger charge is 2.79. The van der Waals surface area contributed by atoms with Crippen LogP contribution in [0.25, 0.3) is 0 Å². The van der Waals surface area contributed by atoms with Gasteiger partial charge in [0, 0.05) is 47.3 Å². The molecule has 2 aromatic carbocycles. The van der Waals surface area contributed by atoms with Crippen molar-refractivity contribution in [1.29, 1.82) is 0 Å². The van der Waals surface area contributed by atoms with Crippen LogP contribution in [0.5, 0.6) is 0 Å². The average Bonchev–Trinajstić information content (AvgIpc) is 3.48. The first-order chi connectivity index (χ1) is 20.9. The summed E-state index contributed by atoms with van der Waals surface area (Å²) in [5.41, 5.74) is -4.13. The second-order valence-electron chi connectivity index (χ2n) is 13.7. The maximum Gasteiger partial charge on any atom is 0.255 e. The molecule has 5 aliphatic rings. The van der Waals surface area contributed by atoms with Crippen LogP contribution in [-0.4, -0.2) is 52.0 Å². The Hall–Kier alpha value is -2.91. The molecule has 1 aliphatic heterocycles. The number of nitrogens with zero attached hydrogens (tertiary/aromatic N) is 1. The van der Waals surface area contributed by atoms with E-state index in [2.05, 4.69) is 5.32 Å². The lowest BCUT2D eigenvalue weighted by molar-refractivity contribution is -0.269. The standard InChI is InChI=1S/C35H37ClF2N2O4/c1-32-13-12-25(41)15-28(32)29(37)16-27-26-14-23-20-40(19-22-8-10-24(36)11-9-22)44-35(23,33(26,2)17-30(42)34(27,32)38)31(43)39-18-21-6-4-3-5-7-21/h3-13,15,23,26-27,29-30,42H,14,16-20H2,1-2H3,(H,39,43)/t23-,26-,27-,29-,30-,32-,33-,34-,35-/m0/s1. The van der Waals surface area contributed by atoms with Crippen molar-refractivity contribution in [3.05, 3.63) is 94.5 Å². The molecule has 4 fully saturated rings. The van der Waals surface area contributed by atoms with Gasteiger partial charge in [-0.25, -0.2) is 8.78 Å². The zero-order valence-corrected chi connectivity index (χ0v) is 25.6. The van der Waals surface area contributed by atoms with E-state index in [9.17, 15) is 14.7 Å². The van der Waals surface area contributed by atoms with Gasteiger partial charge in [-0.3, -0.25) is 14.4 Å². The van der Waals surface area contributed by atoms with Crippen LogP contribution in [-0.2, 0) is 27.5 Å². The normalized spacial score (nSPS) is 40.9. The third kappa shape index (κ3) is 4.07.